The summed E-state index contributed by atoms with van der Waals surface area (Å²) in [5.74, 6) is -0.902. The summed E-state index contributed by atoms with van der Waals surface area (Å²) in [4.78, 5) is 26.6. The van der Waals surface area contributed by atoms with E-state index in [4.69, 9.17) is 0 Å². The number of nitrogens with one attached hydrogen (secondary N) is 2. The molecule has 2 amide bonds. The molecule has 0 bridgehead atoms. The number of para-hydroxylation sites is 1. The van der Waals surface area contributed by atoms with Gasteiger partial charge in [-0.25, -0.2) is 0 Å². The maximum Gasteiger partial charge on any atom is 0.387 e. The normalized spacial score (nSPS) is 17.2. The van der Waals surface area contributed by atoms with Crippen molar-refractivity contribution in [2.24, 2.45) is 5.92 Å². The van der Waals surface area contributed by atoms with Gasteiger partial charge >= 0.3 is 6.61 Å². The Morgan fingerprint density at radius 1 is 1.31 bits per heavy atom. The maximum absolute atomic E-state index is 12.7. The lowest BCUT2D eigenvalue weighted by Gasteiger charge is -2.32. The second kappa shape index (κ2) is 10.1. The molecule has 1 aliphatic heterocycles. The molecule has 0 radical (unpaired) electrons. The second-order valence-electron chi connectivity index (χ2n) is 6.21. The molecule has 2 N–H and O–H groups in total. The molecular formula is C18H25F2N3O3. The van der Waals surface area contributed by atoms with Crippen LogP contribution in [0.5, 0.6) is 5.75 Å². The van der Waals surface area contributed by atoms with E-state index in [1.807, 2.05) is 7.05 Å². The van der Waals surface area contributed by atoms with Gasteiger partial charge in [-0.15, -0.1) is 0 Å². The summed E-state index contributed by atoms with van der Waals surface area (Å²) in [5.41, 5.74) is 0.0860. The van der Waals surface area contributed by atoms with Crippen LogP contribution in [0.15, 0.2) is 24.3 Å². The van der Waals surface area contributed by atoms with Crippen LogP contribution in [0.2, 0.25) is 0 Å². The summed E-state index contributed by atoms with van der Waals surface area (Å²) in [6.45, 7) is -0.835. The number of ether oxygens (including phenoxy) is 1. The van der Waals surface area contributed by atoms with Gasteiger partial charge in [0.05, 0.1) is 11.5 Å². The highest BCUT2D eigenvalue weighted by molar-refractivity contribution is 5.97. The molecule has 1 atom stereocenters. The summed E-state index contributed by atoms with van der Waals surface area (Å²) in [6.07, 6.45) is 2.23. The van der Waals surface area contributed by atoms with Crippen LogP contribution in [0, 0.1) is 5.92 Å². The van der Waals surface area contributed by atoms with Crippen molar-refractivity contribution in [3.8, 4) is 5.75 Å². The number of hydrogen-bond donors (Lipinski definition) is 2. The molecule has 0 saturated carbocycles. The van der Waals surface area contributed by atoms with E-state index in [2.05, 4.69) is 15.4 Å². The standard InChI is InChI=1S/C18H25F2N3O3/c1-21-9-5-10-22-16(24)13-6-4-11-23(12-13)17(25)14-7-2-3-8-15(14)26-18(19)20/h2-3,7-8,13,18,21H,4-6,9-12H2,1H3,(H,22,24). The minimum Gasteiger partial charge on any atom is -0.434 e. The molecule has 144 valence electrons. The van der Waals surface area contributed by atoms with Gasteiger partial charge in [-0.05, 0) is 45.0 Å². The lowest BCUT2D eigenvalue weighted by Crippen LogP contribution is -2.45. The zero-order valence-corrected chi connectivity index (χ0v) is 14.8. The van der Waals surface area contributed by atoms with Crippen molar-refractivity contribution in [1.82, 2.24) is 15.5 Å². The monoisotopic (exact) mass is 369 g/mol. The van der Waals surface area contributed by atoms with Gasteiger partial charge in [0.15, 0.2) is 0 Å². The number of carbonyl (C=O) groups excluding carboxylic acids is 2. The van der Waals surface area contributed by atoms with Gasteiger partial charge in [-0.3, -0.25) is 9.59 Å². The van der Waals surface area contributed by atoms with Gasteiger partial charge in [0.25, 0.3) is 5.91 Å². The number of rotatable bonds is 8. The van der Waals surface area contributed by atoms with Gasteiger partial charge in [0, 0.05) is 19.6 Å². The van der Waals surface area contributed by atoms with Gasteiger partial charge < -0.3 is 20.3 Å². The third-order valence-electron chi connectivity index (χ3n) is 4.32. The van der Waals surface area contributed by atoms with Gasteiger partial charge in [0.1, 0.15) is 5.75 Å². The Labute approximate surface area is 151 Å². The summed E-state index contributed by atoms with van der Waals surface area (Å²) in [6, 6.07) is 5.93. The number of carbonyl (C=O) groups is 2. The van der Waals surface area contributed by atoms with Crippen molar-refractivity contribution in [2.75, 3.05) is 33.2 Å². The Morgan fingerprint density at radius 2 is 2.08 bits per heavy atom. The molecule has 2 rings (SSSR count). The van der Waals surface area contributed by atoms with E-state index in [-0.39, 0.29) is 29.7 Å². The Hall–Kier alpha value is -2.22. The van der Waals surface area contributed by atoms with Gasteiger partial charge in [0.2, 0.25) is 5.91 Å². The fraction of sp³-hybridized carbons (Fsp3) is 0.556. The average Bonchev–Trinajstić information content (AvgIpc) is 2.64. The maximum atomic E-state index is 12.7. The van der Waals surface area contributed by atoms with Crippen LogP contribution < -0.4 is 15.4 Å². The van der Waals surface area contributed by atoms with Gasteiger partial charge in [-0.1, -0.05) is 12.1 Å². The summed E-state index contributed by atoms with van der Waals surface area (Å²) < 4.78 is 29.5. The number of benzene rings is 1. The van der Waals surface area contributed by atoms with Crippen molar-refractivity contribution in [3.05, 3.63) is 29.8 Å². The fourth-order valence-corrected chi connectivity index (χ4v) is 3.01. The lowest BCUT2D eigenvalue weighted by molar-refractivity contribution is -0.126. The third kappa shape index (κ3) is 5.66. The first-order valence-electron chi connectivity index (χ1n) is 8.78. The van der Waals surface area contributed by atoms with Crippen LogP contribution >= 0.6 is 0 Å². The highest BCUT2D eigenvalue weighted by Crippen LogP contribution is 2.25. The lowest BCUT2D eigenvalue weighted by atomic mass is 9.96. The number of halogens is 2. The zero-order chi connectivity index (χ0) is 18.9. The SMILES string of the molecule is CNCCCNC(=O)C1CCCN(C(=O)c2ccccc2OC(F)F)C1. The summed E-state index contributed by atoms with van der Waals surface area (Å²) in [7, 11) is 1.85. The topological polar surface area (TPSA) is 70.7 Å². The summed E-state index contributed by atoms with van der Waals surface area (Å²) >= 11 is 0. The molecule has 0 spiro atoms. The summed E-state index contributed by atoms with van der Waals surface area (Å²) in [5, 5.41) is 5.89. The predicted molar refractivity (Wildman–Crippen MR) is 93.3 cm³/mol. The van der Waals surface area contributed by atoms with E-state index in [0.717, 1.165) is 13.0 Å². The molecule has 1 aliphatic rings. The van der Waals surface area contributed by atoms with Crippen molar-refractivity contribution in [1.29, 1.82) is 0 Å². The zero-order valence-electron chi connectivity index (χ0n) is 14.8. The van der Waals surface area contributed by atoms with E-state index in [9.17, 15) is 18.4 Å². The molecule has 26 heavy (non-hydrogen) atoms. The molecule has 1 unspecified atom stereocenters. The van der Waals surface area contributed by atoms with Crippen LogP contribution in [-0.2, 0) is 4.79 Å². The highest BCUT2D eigenvalue weighted by Gasteiger charge is 2.30. The minimum atomic E-state index is -3.00. The van der Waals surface area contributed by atoms with E-state index in [1.54, 1.807) is 6.07 Å². The van der Waals surface area contributed by atoms with E-state index in [0.29, 0.717) is 25.9 Å². The van der Waals surface area contributed by atoms with Crippen LogP contribution in [0.25, 0.3) is 0 Å². The number of piperidine rings is 1. The molecule has 1 fully saturated rings. The first-order chi connectivity index (χ1) is 12.5. The van der Waals surface area contributed by atoms with Crippen molar-refractivity contribution < 1.29 is 23.1 Å². The fourth-order valence-electron chi connectivity index (χ4n) is 3.01. The molecule has 0 aliphatic carbocycles. The molecule has 1 heterocycles. The third-order valence-corrected chi connectivity index (χ3v) is 4.32. The molecule has 1 aromatic rings. The molecule has 8 heteroatoms. The van der Waals surface area contributed by atoms with Crippen LogP contribution in [0.3, 0.4) is 0 Å². The number of nitrogens with zero attached hydrogens (tertiary/aromatic N) is 1. The number of likely N-dealkylation sites (tertiary alicyclic amines) is 1. The first kappa shape index (κ1) is 20.1. The predicted octanol–water partition coefficient (Wildman–Crippen LogP) is 1.87. The van der Waals surface area contributed by atoms with E-state index >= 15 is 0 Å². The first-order valence-corrected chi connectivity index (χ1v) is 8.78. The number of amides is 2. The number of hydrogen-bond acceptors (Lipinski definition) is 4. The quantitative estimate of drug-likeness (QED) is 0.687. The molecule has 6 nitrogen and oxygen atoms in total. The van der Waals surface area contributed by atoms with Gasteiger partial charge in [-0.2, -0.15) is 8.78 Å². The molecular weight excluding hydrogens is 344 g/mol. The molecule has 1 saturated heterocycles. The van der Waals surface area contributed by atoms with Crippen molar-refractivity contribution in [2.45, 2.75) is 25.9 Å². The molecule has 0 aromatic heterocycles. The Kier molecular flexibility index (Phi) is 7.77. The molecule has 1 aromatic carbocycles. The van der Waals surface area contributed by atoms with Crippen molar-refractivity contribution >= 4 is 11.8 Å². The van der Waals surface area contributed by atoms with Crippen molar-refractivity contribution in [3.63, 3.8) is 0 Å². The average molecular weight is 369 g/mol. The smallest absolute Gasteiger partial charge is 0.387 e. The Bertz CT molecular complexity index is 613. The largest absolute Gasteiger partial charge is 0.434 e. The van der Waals surface area contributed by atoms with E-state index in [1.165, 1.54) is 23.1 Å². The Balaban J connectivity index is 1.98. The number of alkyl halides is 2. The highest BCUT2D eigenvalue weighted by atomic mass is 19.3. The Morgan fingerprint density at radius 3 is 2.81 bits per heavy atom. The van der Waals surface area contributed by atoms with Crippen LogP contribution in [0.4, 0.5) is 8.78 Å². The second-order valence-corrected chi connectivity index (χ2v) is 6.21. The van der Waals surface area contributed by atoms with Crippen LogP contribution in [-0.4, -0.2) is 56.6 Å². The van der Waals surface area contributed by atoms with E-state index < -0.39 is 12.5 Å². The van der Waals surface area contributed by atoms with Crippen LogP contribution in [0.1, 0.15) is 29.6 Å². The minimum absolute atomic E-state index is 0.0734.